The number of hydrogen-bond acceptors (Lipinski definition) is 5. The number of rotatable bonds is 6. The average Bonchev–Trinajstić information content (AvgIpc) is 2.61. The van der Waals surface area contributed by atoms with Gasteiger partial charge in [-0.3, -0.25) is 19.7 Å². The number of thioether (sulfide) groups is 1. The van der Waals surface area contributed by atoms with Gasteiger partial charge >= 0.3 is 0 Å². The van der Waals surface area contributed by atoms with Gasteiger partial charge in [0.15, 0.2) is 0 Å². The number of non-ortho nitro benzene ring substituents is 1. The molecule has 0 bridgehead atoms. The maximum absolute atomic E-state index is 12.6. The lowest BCUT2D eigenvalue weighted by atomic mass is 9.96. The molecule has 0 aromatic heterocycles. The predicted molar refractivity (Wildman–Crippen MR) is 96.4 cm³/mol. The minimum Gasteiger partial charge on any atom is -0.356 e. The molecule has 0 radical (unpaired) electrons. The number of nitrogens with one attached hydrogen (secondary N) is 1. The Morgan fingerprint density at radius 1 is 1.32 bits per heavy atom. The summed E-state index contributed by atoms with van der Waals surface area (Å²) >= 11 is 1.39. The van der Waals surface area contributed by atoms with E-state index >= 15 is 0 Å². The summed E-state index contributed by atoms with van der Waals surface area (Å²) in [6.45, 7) is 5.54. The van der Waals surface area contributed by atoms with Gasteiger partial charge < -0.3 is 10.2 Å². The lowest BCUT2D eigenvalue weighted by molar-refractivity contribution is -0.384. The second-order valence-corrected chi connectivity index (χ2v) is 7.42. The average molecular weight is 365 g/mol. The third kappa shape index (κ3) is 5.19. The number of nitrogens with zero attached hydrogens (tertiary/aromatic N) is 2. The molecule has 8 heteroatoms. The van der Waals surface area contributed by atoms with Crippen LogP contribution in [0.2, 0.25) is 0 Å². The van der Waals surface area contributed by atoms with E-state index in [1.807, 2.05) is 13.8 Å². The number of nitro benzene ring substituents is 1. The van der Waals surface area contributed by atoms with Crippen LogP contribution in [-0.2, 0) is 9.59 Å². The Kier molecular flexibility index (Phi) is 6.81. The molecule has 1 aliphatic rings. The molecule has 1 saturated heterocycles. The van der Waals surface area contributed by atoms with Crippen LogP contribution in [0, 0.1) is 16.0 Å². The van der Waals surface area contributed by atoms with Crippen LogP contribution >= 0.6 is 11.8 Å². The number of benzene rings is 1. The molecule has 0 aliphatic carbocycles. The Labute approximate surface area is 151 Å². The van der Waals surface area contributed by atoms with Gasteiger partial charge in [-0.15, -0.1) is 11.8 Å². The minimum absolute atomic E-state index is 0.0124. The van der Waals surface area contributed by atoms with Crippen LogP contribution in [0.15, 0.2) is 29.2 Å². The number of likely N-dealkylation sites (tertiary alicyclic amines) is 1. The molecule has 1 heterocycles. The topological polar surface area (TPSA) is 92.6 Å². The number of amides is 2. The van der Waals surface area contributed by atoms with Gasteiger partial charge in [0.1, 0.15) is 0 Å². The highest BCUT2D eigenvalue weighted by molar-refractivity contribution is 8.00. The molecule has 7 nitrogen and oxygen atoms in total. The third-order valence-electron chi connectivity index (χ3n) is 4.24. The molecule has 2 rings (SSSR count). The monoisotopic (exact) mass is 365 g/mol. The molecule has 0 saturated carbocycles. The lowest BCUT2D eigenvalue weighted by Gasteiger charge is -2.32. The number of piperidine rings is 1. The van der Waals surface area contributed by atoms with Gasteiger partial charge in [0.05, 0.1) is 10.2 Å². The molecule has 0 spiro atoms. The van der Waals surface area contributed by atoms with Gasteiger partial charge in [0.2, 0.25) is 11.8 Å². The van der Waals surface area contributed by atoms with Crippen molar-refractivity contribution >= 4 is 29.3 Å². The van der Waals surface area contributed by atoms with Crippen LogP contribution in [0.4, 0.5) is 5.69 Å². The molecule has 2 amide bonds. The first-order valence-corrected chi connectivity index (χ1v) is 9.28. The third-order valence-corrected chi connectivity index (χ3v) is 5.34. The van der Waals surface area contributed by atoms with Crippen molar-refractivity contribution in [2.24, 2.45) is 5.92 Å². The van der Waals surface area contributed by atoms with E-state index in [0.717, 1.165) is 4.90 Å². The summed E-state index contributed by atoms with van der Waals surface area (Å²) in [6.07, 6.45) is 1.37. The molecule has 1 aromatic carbocycles. The maximum Gasteiger partial charge on any atom is 0.269 e. The summed E-state index contributed by atoms with van der Waals surface area (Å²) in [5.74, 6) is 0.0993. The standard InChI is InChI=1S/C17H23N3O4S/c1-3-18-16(21)13-8-10-19(11-9-13)17(22)12(2)25-15-6-4-14(5-7-15)20(23)24/h4-7,12-13H,3,8-11H2,1-2H3,(H,18,21). The Balaban J connectivity index is 1.86. The van der Waals surface area contributed by atoms with E-state index in [9.17, 15) is 19.7 Å². The highest BCUT2D eigenvalue weighted by Gasteiger charge is 2.29. The fraction of sp³-hybridized carbons (Fsp3) is 0.529. The second-order valence-electron chi connectivity index (χ2n) is 6.01. The van der Waals surface area contributed by atoms with Crippen molar-refractivity contribution in [1.29, 1.82) is 0 Å². The molecule has 1 fully saturated rings. The normalized spacial score (nSPS) is 16.3. The first-order valence-electron chi connectivity index (χ1n) is 8.40. The van der Waals surface area contributed by atoms with E-state index in [1.54, 1.807) is 17.0 Å². The zero-order valence-corrected chi connectivity index (χ0v) is 15.3. The van der Waals surface area contributed by atoms with Gasteiger partial charge in [-0.05, 0) is 38.8 Å². The van der Waals surface area contributed by atoms with E-state index in [2.05, 4.69) is 5.32 Å². The first-order chi connectivity index (χ1) is 11.9. The predicted octanol–water partition coefficient (Wildman–Crippen LogP) is 2.45. The van der Waals surface area contributed by atoms with Crippen molar-refractivity contribution in [3.63, 3.8) is 0 Å². The summed E-state index contributed by atoms with van der Waals surface area (Å²) in [4.78, 5) is 37.3. The van der Waals surface area contributed by atoms with E-state index < -0.39 is 4.92 Å². The number of carbonyl (C=O) groups excluding carboxylic acids is 2. The van der Waals surface area contributed by atoms with Crippen molar-refractivity contribution in [3.05, 3.63) is 34.4 Å². The number of hydrogen-bond donors (Lipinski definition) is 1. The molecule has 25 heavy (non-hydrogen) atoms. The van der Waals surface area contributed by atoms with E-state index in [4.69, 9.17) is 0 Å². The fourth-order valence-electron chi connectivity index (χ4n) is 2.84. The first kappa shape index (κ1) is 19.2. The Hall–Kier alpha value is -2.09. The summed E-state index contributed by atoms with van der Waals surface area (Å²) in [6, 6.07) is 6.20. The Bertz CT molecular complexity index is 627. The molecule has 1 aliphatic heterocycles. The molecule has 136 valence electrons. The number of nitro groups is 1. The van der Waals surface area contributed by atoms with Crippen LogP contribution in [0.3, 0.4) is 0 Å². The van der Waals surface area contributed by atoms with E-state index in [1.165, 1.54) is 23.9 Å². The number of carbonyl (C=O) groups is 2. The Morgan fingerprint density at radius 2 is 1.92 bits per heavy atom. The molecular weight excluding hydrogens is 342 g/mol. The van der Waals surface area contributed by atoms with Gasteiger partial charge in [0.25, 0.3) is 5.69 Å². The largest absolute Gasteiger partial charge is 0.356 e. The zero-order valence-electron chi connectivity index (χ0n) is 14.4. The van der Waals surface area contributed by atoms with Gasteiger partial charge in [-0.1, -0.05) is 0 Å². The summed E-state index contributed by atoms with van der Waals surface area (Å²) in [5.41, 5.74) is 0.0377. The molecule has 1 aromatic rings. The SMILES string of the molecule is CCNC(=O)C1CCN(C(=O)C(C)Sc2ccc([N+](=O)[O-])cc2)CC1. The fourth-order valence-corrected chi connectivity index (χ4v) is 3.79. The van der Waals surface area contributed by atoms with Crippen molar-refractivity contribution in [3.8, 4) is 0 Å². The van der Waals surface area contributed by atoms with Crippen molar-refractivity contribution in [2.75, 3.05) is 19.6 Å². The molecule has 1 N–H and O–H groups in total. The van der Waals surface area contributed by atoms with E-state index in [0.29, 0.717) is 32.5 Å². The summed E-state index contributed by atoms with van der Waals surface area (Å²) in [7, 11) is 0. The van der Waals surface area contributed by atoms with Crippen LogP contribution in [-0.4, -0.2) is 46.5 Å². The zero-order chi connectivity index (χ0) is 18.4. The summed E-state index contributed by atoms with van der Waals surface area (Å²) < 4.78 is 0. The Morgan fingerprint density at radius 3 is 2.44 bits per heavy atom. The van der Waals surface area contributed by atoms with Crippen molar-refractivity contribution < 1.29 is 14.5 Å². The molecular formula is C17H23N3O4S. The second kappa shape index (κ2) is 8.84. The molecule has 1 unspecified atom stereocenters. The maximum atomic E-state index is 12.6. The lowest BCUT2D eigenvalue weighted by Crippen LogP contribution is -2.45. The highest BCUT2D eigenvalue weighted by Crippen LogP contribution is 2.27. The van der Waals surface area contributed by atoms with Crippen molar-refractivity contribution in [2.45, 2.75) is 36.8 Å². The van der Waals surface area contributed by atoms with Crippen LogP contribution in [0.25, 0.3) is 0 Å². The highest BCUT2D eigenvalue weighted by atomic mass is 32.2. The van der Waals surface area contributed by atoms with Crippen LogP contribution in [0.1, 0.15) is 26.7 Å². The van der Waals surface area contributed by atoms with Crippen LogP contribution in [0.5, 0.6) is 0 Å². The minimum atomic E-state index is -0.443. The van der Waals surface area contributed by atoms with Gasteiger partial charge in [-0.2, -0.15) is 0 Å². The summed E-state index contributed by atoms with van der Waals surface area (Å²) in [5, 5.41) is 13.2. The smallest absolute Gasteiger partial charge is 0.269 e. The van der Waals surface area contributed by atoms with Crippen molar-refractivity contribution in [1.82, 2.24) is 10.2 Å². The van der Waals surface area contributed by atoms with Gasteiger partial charge in [0, 0.05) is 42.6 Å². The van der Waals surface area contributed by atoms with Gasteiger partial charge in [-0.25, -0.2) is 0 Å². The molecule has 1 atom stereocenters. The quantitative estimate of drug-likeness (QED) is 0.475. The van der Waals surface area contributed by atoms with E-state index in [-0.39, 0.29) is 28.7 Å². The van der Waals surface area contributed by atoms with Crippen LogP contribution < -0.4 is 5.32 Å².